The van der Waals surface area contributed by atoms with E-state index in [9.17, 15) is 4.79 Å². The number of esters is 1. The zero-order valence-electron chi connectivity index (χ0n) is 18.9. The van der Waals surface area contributed by atoms with E-state index in [0.29, 0.717) is 30.4 Å². The van der Waals surface area contributed by atoms with Crippen LogP contribution >= 0.6 is 24.0 Å². The Morgan fingerprint density at radius 1 is 1.19 bits per heavy atom. The largest absolute Gasteiger partial charge is 0.496 e. The quantitative estimate of drug-likeness (QED) is 0.223. The van der Waals surface area contributed by atoms with Gasteiger partial charge < -0.3 is 24.5 Å². The van der Waals surface area contributed by atoms with Gasteiger partial charge in [0.15, 0.2) is 5.96 Å². The van der Waals surface area contributed by atoms with E-state index >= 15 is 0 Å². The monoisotopic (exact) mass is 556 g/mol. The van der Waals surface area contributed by atoms with Crippen LogP contribution in [0.2, 0.25) is 0 Å². The summed E-state index contributed by atoms with van der Waals surface area (Å²) in [5.41, 5.74) is 1.32. The third-order valence-electron chi connectivity index (χ3n) is 5.52. The first-order chi connectivity index (χ1) is 15.2. The SMILES string of the molecule is CN=C(NCc1ccc(OC)c(C(=O)OC)c1)NCC(c1ccco1)N1CCCCC1.I. The molecule has 1 aromatic heterocycles. The van der Waals surface area contributed by atoms with E-state index < -0.39 is 5.97 Å². The summed E-state index contributed by atoms with van der Waals surface area (Å²) in [6.07, 6.45) is 5.43. The predicted octanol–water partition coefficient (Wildman–Crippen LogP) is 3.59. The number of carbonyl (C=O) groups excluding carboxylic acids is 1. The number of likely N-dealkylation sites (tertiary alicyclic amines) is 1. The van der Waals surface area contributed by atoms with Gasteiger partial charge in [-0.1, -0.05) is 12.5 Å². The Kier molecular flexibility index (Phi) is 10.8. The van der Waals surface area contributed by atoms with Crippen LogP contribution < -0.4 is 15.4 Å². The van der Waals surface area contributed by atoms with Gasteiger partial charge in [-0.15, -0.1) is 24.0 Å². The summed E-state index contributed by atoms with van der Waals surface area (Å²) in [6.45, 7) is 3.33. The Balaban J connectivity index is 0.00000363. The number of furan rings is 1. The van der Waals surface area contributed by atoms with Gasteiger partial charge >= 0.3 is 5.97 Å². The molecule has 1 atom stereocenters. The lowest BCUT2D eigenvalue weighted by Crippen LogP contribution is -2.44. The molecule has 0 spiro atoms. The zero-order valence-corrected chi connectivity index (χ0v) is 21.3. The Morgan fingerprint density at radius 2 is 1.97 bits per heavy atom. The molecule has 2 heterocycles. The number of nitrogens with one attached hydrogen (secondary N) is 2. The van der Waals surface area contributed by atoms with Crippen molar-refractivity contribution in [2.75, 3.05) is 40.9 Å². The molecule has 0 aliphatic carbocycles. The van der Waals surface area contributed by atoms with Gasteiger partial charge in [0.25, 0.3) is 0 Å². The molecule has 1 aliphatic rings. The minimum atomic E-state index is -0.427. The molecule has 1 saturated heterocycles. The standard InChI is InChI=1S/C23H32N4O4.HI/c1-24-23(25-15-17-9-10-20(29-2)18(14-17)22(28)30-3)26-16-19(21-8-7-13-31-21)27-11-5-4-6-12-27;/h7-10,13-14,19H,4-6,11-12,15-16H2,1-3H3,(H2,24,25,26);1H. The Morgan fingerprint density at radius 3 is 2.59 bits per heavy atom. The normalized spacial score (nSPS) is 15.4. The number of hydrogen-bond acceptors (Lipinski definition) is 6. The van der Waals surface area contributed by atoms with Crippen LogP contribution in [0.3, 0.4) is 0 Å². The highest BCUT2D eigenvalue weighted by Gasteiger charge is 2.24. The molecule has 1 aromatic carbocycles. The van der Waals surface area contributed by atoms with Crippen molar-refractivity contribution in [2.24, 2.45) is 4.99 Å². The molecule has 9 heteroatoms. The second-order valence-electron chi connectivity index (χ2n) is 7.46. The van der Waals surface area contributed by atoms with Gasteiger partial charge in [-0.05, 0) is 55.8 Å². The minimum Gasteiger partial charge on any atom is -0.496 e. The van der Waals surface area contributed by atoms with E-state index in [1.165, 1.54) is 33.5 Å². The van der Waals surface area contributed by atoms with Gasteiger partial charge in [0, 0.05) is 20.1 Å². The van der Waals surface area contributed by atoms with Gasteiger partial charge in [-0.3, -0.25) is 9.89 Å². The van der Waals surface area contributed by atoms with Crippen LogP contribution in [0.15, 0.2) is 46.0 Å². The van der Waals surface area contributed by atoms with Gasteiger partial charge in [0.05, 0.1) is 26.5 Å². The molecule has 32 heavy (non-hydrogen) atoms. The molecule has 0 bridgehead atoms. The van der Waals surface area contributed by atoms with Gasteiger partial charge in [0.1, 0.15) is 17.1 Å². The van der Waals surface area contributed by atoms with Crippen LogP contribution in [0.5, 0.6) is 5.75 Å². The number of hydrogen-bond donors (Lipinski definition) is 2. The fourth-order valence-corrected chi connectivity index (χ4v) is 3.85. The number of piperidine rings is 1. The van der Waals surface area contributed by atoms with E-state index in [2.05, 4.69) is 20.5 Å². The Hall–Kier alpha value is -2.27. The summed E-state index contributed by atoms with van der Waals surface area (Å²) in [5.74, 6) is 1.71. The molecule has 176 valence electrons. The fourth-order valence-electron chi connectivity index (χ4n) is 3.85. The summed E-state index contributed by atoms with van der Waals surface area (Å²) in [4.78, 5) is 18.8. The van der Waals surface area contributed by atoms with Gasteiger partial charge in [0.2, 0.25) is 0 Å². The first-order valence-corrected chi connectivity index (χ1v) is 10.6. The maximum absolute atomic E-state index is 12.0. The molecular formula is C23H33IN4O4. The van der Waals surface area contributed by atoms with Gasteiger partial charge in [-0.25, -0.2) is 4.79 Å². The third kappa shape index (κ3) is 6.86. The number of benzene rings is 1. The fraction of sp³-hybridized carbons (Fsp3) is 0.478. The summed E-state index contributed by atoms with van der Waals surface area (Å²) < 4.78 is 15.8. The van der Waals surface area contributed by atoms with E-state index in [-0.39, 0.29) is 30.0 Å². The highest BCUT2D eigenvalue weighted by atomic mass is 127. The van der Waals surface area contributed by atoms with Gasteiger partial charge in [-0.2, -0.15) is 0 Å². The number of halogens is 1. The summed E-state index contributed by atoms with van der Waals surface area (Å²) in [7, 11) is 4.63. The average Bonchev–Trinajstić information content (AvgIpc) is 3.35. The molecule has 2 N–H and O–H groups in total. The van der Waals surface area contributed by atoms with Crippen molar-refractivity contribution in [3.63, 3.8) is 0 Å². The van der Waals surface area contributed by atoms with Crippen LogP contribution in [0.4, 0.5) is 0 Å². The van der Waals surface area contributed by atoms with Crippen molar-refractivity contribution in [1.29, 1.82) is 0 Å². The lowest BCUT2D eigenvalue weighted by molar-refractivity contribution is 0.0597. The smallest absolute Gasteiger partial charge is 0.341 e. The molecule has 0 saturated carbocycles. The van der Waals surface area contributed by atoms with Crippen molar-refractivity contribution in [2.45, 2.75) is 31.8 Å². The maximum atomic E-state index is 12.0. The van der Waals surface area contributed by atoms with Crippen molar-refractivity contribution in [3.8, 4) is 5.75 Å². The van der Waals surface area contributed by atoms with Crippen molar-refractivity contribution >= 4 is 35.9 Å². The molecule has 3 rings (SSSR count). The first-order valence-electron chi connectivity index (χ1n) is 10.6. The lowest BCUT2D eigenvalue weighted by Gasteiger charge is -2.33. The average molecular weight is 556 g/mol. The Bertz CT molecular complexity index is 867. The third-order valence-corrected chi connectivity index (χ3v) is 5.52. The summed E-state index contributed by atoms with van der Waals surface area (Å²) >= 11 is 0. The maximum Gasteiger partial charge on any atom is 0.341 e. The molecule has 0 amide bonds. The first kappa shape index (κ1) is 26.0. The molecule has 2 aromatic rings. The number of ether oxygens (including phenoxy) is 2. The van der Waals surface area contributed by atoms with E-state index in [1.807, 2.05) is 18.2 Å². The Labute approximate surface area is 206 Å². The van der Waals surface area contributed by atoms with Crippen molar-refractivity contribution < 1.29 is 18.7 Å². The van der Waals surface area contributed by atoms with Crippen LogP contribution in [0, 0.1) is 0 Å². The van der Waals surface area contributed by atoms with Crippen molar-refractivity contribution in [3.05, 3.63) is 53.5 Å². The highest BCUT2D eigenvalue weighted by Crippen LogP contribution is 2.24. The molecular weight excluding hydrogens is 523 g/mol. The highest BCUT2D eigenvalue weighted by molar-refractivity contribution is 14.0. The summed E-state index contributed by atoms with van der Waals surface area (Å²) in [5, 5.41) is 6.73. The minimum absolute atomic E-state index is 0. The molecule has 1 unspecified atom stereocenters. The second-order valence-corrected chi connectivity index (χ2v) is 7.46. The summed E-state index contributed by atoms with van der Waals surface area (Å²) in [6, 6.07) is 9.56. The van der Waals surface area contributed by atoms with Crippen LogP contribution in [-0.4, -0.2) is 57.7 Å². The molecule has 1 fully saturated rings. The topological polar surface area (TPSA) is 88.3 Å². The second kappa shape index (κ2) is 13.3. The van der Waals surface area contributed by atoms with Crippen LogP contribution in [0.1, 0.15) is 47.0 Å². The number of rotatable bonds is 8. The zero-order chi connectivity index (χ0) is 22.1. The lowest BCUT2D eigenvalue weighted by atomic mass is 10.1. The van der Waals surface area contributed by atoms with E-state index in [0.717, 1.165) is 24.4 Å². The van der Waals surface area contributed by atoms with Crippen molar-refractivity contribution in [1.82, 2.24) is 15.5 Å². The number of methoxy groups -OCH3 is 2. The predicted molar refractivity (Wildman–Crippen MR) is 135 cm³/mol. The number of guanidine groups is 1. The van der Waals surface area contributed by atoms with Crippen LogP contribution in [-0.2, 0) is 11.3 Å². The van der Waals surface area contributed by atoms with E-state index in [4.69, 9.17) is 13.9 Å². The number of nitrogens with zero attached hydrogens (tertiary/aromatic N) is 2. The molecule has 1 aliphatic heterocycles. The van der Waals surface area contributed by atoms with Crippen LogP contribution in [0.25, 0.3) is 0 Å². The number of aliphatic imine (C=N–C) groups is 1. The molecule has 8 nitrogen and oxygen atoms in total. The van der Waals surface area contributed by atoms with E-state index in [1.54, 1.807) is 25.4 Å². The molecule has 0 radical (unpaired) electrons. The number of carbonyl (C=O) groups is 1.